The van der Waals surface area contributed by atoms with Crippen LogP contribution in [0.5, 0.6) is 5.75 Å². The second kappa shape index (κ2) is 8.15. The SMILES string of the molecule is CCCNC(c1cncc(OCCC)c1)c1sccc1C. The van der Waals surface area contributed by atoms with E-state index in [9.17, 15) is 0 Å². The Morgan fingerprint density at radius 3 is 2.81 bits per heavy atom. The Bertz CT molecular complexity index is 553. The number of nitrogens with zero attached hydrogens (tertiary/aromatic N) is 1. The van der Waals surface area contributed by atoms with Gasteiger partial charge in [0.2, 0.25) is 0 Å². The standard InChI is InChI=1S/C17H24N2OS/c1-4-7-19-16(17-13(3)6-9-21-17)14-10-15(12-18-11-14)20-8-5-2/h6,9-12,16,19H,4-5,7-8H2,1-3H3. The fraction of sp³-hybridized carbons (Fsp3) is 0.471. The normalized spacial score (nSPS) is 12.3. The van der Waals surface area contributed by atoms with E-state index in [-0.39, 0.29) is 6.04 Å². The summed E-state index contributed by atoms with van der Waals surface area (Å²) in [6.07, 6.45) is 5.84. The molecule has 0 fully saturated rings. The summed E-state index contributed by atoms with van der Waals surface area (Å²) in [4.78, 5) is 5.70. The molecule has 0 aliphatic rings. The van der Waals surface area contributed by atoms with Gasteiger partial charge >= 0.3 is 0 Å². The fourth-order valence-electron chi connectivity index (χ4n) is 2.22. The summed E-state index contributed by atoms with van der Waals surface area (Å²) in [6.45, 7) is 8.18. The van der Waals surface area contributed by atoms with Crippen molar-refractivity contribution in [2.75, 3.05) is 13.2 Å². The fourth-order valence-corrected chi connectivity index (χ4v) is 3.25. The number of hydrogen-bond acceptors (Lipinski definition) is 4. The van der Waals surface area contributed by atoms with Crippen LogP contribution in [0.4, 0.5) is 0 Å². The van der Waals surface area contributed by atoms with Crippen LogP contribution in [0.25, 0.3) is 0 Å². The number of pyridine rings is 1. The molecular formula is C17H24N2OS. The minimum absolute atomic E-state index is 0.197. The Balaban J connectivity index is 2.26. The molecule has 3 nitrogen and oxygen atoms in total. The number of ether oxygens (including phenoxy) is 1. The molecule has 4 heteroatoms. The molecule has 2 rings (SSSR count). The predicted molar refractivity (Wildman–Crippen MR) is 89.2 cm³/mol. The van der Waals surface area contributed by atoms with Crippen LogP contribution < -0.4 is 10.1 Å². The second-order valence-corrected chi connectivity index (χ2v) is 6.11. The van der Waals surface area contributed by atoms with Crippen LogP contribution in [0.3, 0.4) is 0 Å². The van der Waals surface area contributed by atoms with Crippen LogP contribution in [0.1, 0.15) is 48.7 Å². The monoisotopic (exact) mass is 304 g/mol. The first kappa shape index (κ1) is 16.0. The zero-order valence-electron chi connectivity index (χ0n) is 13.1. The first-order valence-electron chi connectivity index (χ1n) is 7.61. The molecule has 1 unspecified atom stereocenters. The first-order valence-corrected chi connectivity index (χ1v) is 8.49. The van der Waals surface area contributed by atoms with Crippen molar-refractivity contribution in [3.8, 4) is 5.75 Å². The van der Waals surface area contributed by atoms with Crippen molar-refractivity contribution < 1.29 is 4.74 Å². The summed E-state index contributed by atoms with van der Waals surface area (Å²) in [5.74, 6) is 0.854. The Morgan fingerprint density at radius 2 is 2.14 bits per heavy atom. The lowest BCUT2D eigenvalue weighted by Gasteiger charge is -2.19. The van der Waals surface area contributed by atoms with Crippen LogP contribution in [0.15, 0.2) is 29.9 Å². The van der Waals surface area contributed by atoms with Gasteiger partial charge < -0.3 is 10.1 Å². The van der Waals surface area contributed by atoms with E-state index in [1.807, 2.05) is 6.20 Å². The van der Waals surface area contributed by atoms with Crippen molar-refractivity contribution in [2.45, 2.75) is 39.7 Å². The van der Waals surface area contributed by atoms with Gasteiger partial charge in [0, 0.05) is 11.1 Å². The minimum atomic E-state index is 0.197. The zero-order valence-corrected chi connectivity index (χ0v) is 13.9. The molecule has 2 aromatic heterocycles. The molecule has 2 aromatic rings. The molecule has 0 saturated heterocycles. The van der Waals surface area contributed by atoms with E-state index in [4.69, 9.17) is 4.74 Å². The molecule has 114 valence electrons. The van der Waals surface area contributed by atoms with E-state index >= 15 is 0 Å². The van der Waals surface area contributed by atoms with Crippen LogP contribution in [0, 0.1) is 6.92 Å². The molecule has 0 aliphatic carbocycles. The summed E-state index contributed by atoms with van der Waals surface area (Å²) >= 11 is 1.80. The molecule has 0 amide bonds. The van der Waals surface area contributed by atoms with Crippen LogP contribution in [-0.2, 0) is 0 Å². The molecule has 2 heterocycles. The van der Waals surface area contributed by atoms with E-state index < -0.39 is 0 Å². The van der Waals surface area contributed by atoms with Crippen LogP contribution >= 0.6 is 11.3 Å². The lowest BCUT2D eigenvalue weighted by atomic mass is 10.0. The number of thiophene rings is 1. The molecule has 1 atom stereocenters. The van der Waals surface area contributed by atoms with E-state index in [0.717, 1.165) is 31.7 Å². The summed E-state index contributed by atoms with van der Waals surface area (Å²) in [7, 11) is 0. The van der Waals surface area contributed by atoms with Crippen LogP contribution in [0.2, 0.25) is 0 Å². The zero-order chi connectivity index (χ0) is 15.1. The molecule has 0 aromatic carbocycles. The van der Waals surface area contributed by atoms with Crippen molar-refractivity contribution in [1.29, 1.82) is 0 Å². The van der Waals surface area contributed by atoms with Gasteiger partial charge in [-0.15, -0.1) is 11.3 Å². The molecule has 0 aliphatic heterocycles. The van der Waals surface area contributed by atoms with Gasteiger partial charge in [0.25, 0.3) is 0 Å². The topological polar surface area (TPSA) is 34.2 Å². The smallest absolute Gasteiger partial charge is 0.137 e. The summed E-state index contributed by atoms with van der Waals surface area (Å²) in [5.41, 5.74) is 2.50. The van der Waals surface area contributed by atoms with Crippen LogP contribution in [-0.4, -0.2) is 18.1 Å². The van der Waals surface area contributed by atoms with Crippen molar-refractivity contribution in [2.24, 2.45) is 0 Å². The first-order chi connectivity index (χ1) is 10.3. The number of nitrogens with one attached hydrogen (secondary N) is 1. The van der Waals surface area contributed by atoms with Gasteiger partial charge in [-0.3, -0.25) is 4.98 Å². The lowest BCUT2D eigenvalue weighted by molar-refractivity contribution is 0.315. The molecule has 0 saturated carbocycles. The molecule has 1 N–H and O–H groups in total. The third-order valence-electron chi connectivity index (χ3n) is 3.30. The van der Waals surface area contributed by atoms with Gasteiger partial charge in [0.05, 0.1) is 18.8 Å². The highest BCUT2D eigenvalue weighted by Gasteiger charge is 2.17. The van der Waals surface area contributed by atoms with Gasteiger partial charge in [0.1, 0.15) is 5.75 Å². The van der Waals surface area contributed by atoms with Gasteiger partial charge in [-0.2, -0.15) is 0 Å². The Labute approximate surface area is 131 Å². The summed E-state index contributed by atoms with van der Waals surface area (Å²) < 4.78 is 5.71. The average molecular weight is 304 g/mol. The summed E-state index contributed by atoms with van der Waals surface area (Å²) in [6, 6.07) is 4.48. The van der Waals surface area contributed by atoms with Crippen molar-refractivity contribution in [3.63, 3.8) is 0 Å². The van der Waals surface area contributed by atoms with Crippen molar-refractivity contribution in [3.05, 3.63) is 45.9 Å². The maximum atomic E-state index is 5.71. The third kappa shape index (κ3) is 4.29. The van der Waals surface area contributed by atoms with E-state index in [0.29, 0.717) is 0 Å². The number of aryl methyl sites for hydroxylation is 1. The highest BCUT2D eigenvalue weighted by atomic mass is 32.1. The summed E-state index contributed by atoms with van der Waals surface area (Å²) in [5, 5.41) is 5.78. The highest BCUT2D eigenvalue weighted by molar-refractivity contribution is 7.10. The number of hydrogen-bond donors (Lipinski definition) is 1. The number of rotatable bonds is 8. The molecule has 0 spiro atoms. The lowest BCUT2D eigenvalue weighted by Crippen LogP contribution is -2.23. The maximum absolute atomic E-state index is 5.71. The van der Waals surface area contributed by atoms with E-state index in [1.165, 1.54) is 16.0 Å². The largest absolute Gasteiger partial charge is 0.492 e. The second-order valence-electron chi connectivity index (χ2n) is 5.16. The van der Waals surface area contributed by atoms with Gasteiger partial charge in [-0.05, 0) is 54.9 Å². The molecule has 21 heavy (non-hydrogen) atoms. The minimum Gasteiger partial charge on any atom is -0.492 e. The number of aromatic nitrogens is 1. The Kier molecular flexibility index (Phi) is 6.21. The quantitative estimate of drug-likeness (QED) is 0.788. The predicted octanol–water partition coefficient (Wildman–Crippen LogP) is 4.33. The van der Waals surface area contributed by atoms with Gasteiger partial charge in [-0.1, -0.05) is 13.8 Å². The van der Waals surface area contributed by atoms with Crippen molar-refractivity contribution in [1.82, 2.24) is 10.3 Å². The maximum Gasteiger partial charge on any atom is 0.137 e. The van der Waals surface area contributed by atoms with E-state index in [1.54, 1.807) is 17.5 Å². The molecule has 0 bridgehead atoms. The highest BCUT2D eigenvalue weighted by Crippen LogP contribution is 2.30. The Morgan fingerprint density at radius 1 is 1.29 bits per heavy atom. The molecular weight excluding hydrogens is 280 g/mol. The average Bonchev–Trinajstić information content (AvgIpc) is 2.92. The van der Waals surface area contributed by atoms with E-state index in [2.05, 4.69) is 48.6 Å². The molecule has 0 radical (unpaired) electrons. The van der Waals surface area contributed by atoms with Gasteiger partial charge in [-0.25, -0.2) is 0 Å². The van der Waals surface area contributed by atoms with Gasteiger partial charge in [0.15, 0.2) is 0 Å². The third-order valence-corrected chi connectivity index (χ3v) is 4.39. The van der Waals surface area contributed by atoms with Crippen molar-refractivity contribution >= 4 is 11.3 Å². The Hall–Kier alpha value is -1.39.